The van der Waals surface area contributed by atoms with E-state index in [0.29, 0.717) is 5.92 Å². The summed E-state index contributed by atoms with van der Waals surface area (Å²) in [5.74, 6) is 2.53. The van der Waals surface area contributed by atoms with E-state index >= 15 is 0 Å². The Kier molecular flexibility index (Phi) is 7.56. The molecule has 0 unspecified atom stereocenters. The maximum Gasteiger partial charge on any atom is 0.223 e. The third-order valence-electron chi connectivity index (χ3n) is 4.83. The van der Waals surface area contributed by atoms with Crippen LogP contribution in [0.3, 0.4) is 0 Å². The van der Waals surface area contributed by atoms with Gasteiger partial charge in [-0.05, 0) is 56.0 Å². The summed E-state index contributed by atoms with van der Waals surface area (Å²) in [6.07, 6.45) is 2.91. The van der Waals surface area contributed by atoms with E-state index in [-0.39, 0.29) is 11.8 Å². The summed E-state index contributed by atoms with van der Waals surface area (Å²) in [6.45, 7) is 7.94. The average Bonchev–Trinajstić information content (AvgIpc) is 2.61. The quantitative estimate of drug-likeness (QED) is 0.784. The van der Waals surface area contributed by atoms with Gasteiger partial charge in [0.25, 0.3) is 0 Å². The van der Waals surface area contributed by atoms with E-state index in [4.69, 9.17) is 9.47 Å². The molecule has 5 nitrogen and oxygen atoms in total. The molecular formula is C20H32N2O3. The smallest absolute Gasteiger partial charge is 0.223 e. The molecule has 0 radical (unpaired) electrons. The van der Waals surface area contributed by atoms with Gasteiger partial charge in [0.2, 0.25) is 5.91 Å². The van der Waals surface area contributed by atoms with Crippen molar-refractivity contribution in [2.45, 2.75) is 39.7 Å². The van der Waals surface area contributed by atoms with Crippen LogP contribution in [0.1, 0.15) is 38.7 Å². The average molecular weight is 348 g/mol. The number of nitrogens with zero attached hydrogens (tertiary/aromatic N) is 1. The van der Waals surface area contributed by atoms with Gasteiger partial charge in [-0.2, -0.15) is 0 Å². The third kappa shape index (κ3) is 5.92. The van der Waals surface area contributed by atoms with Crippen molar-refractivity contribution in [1.29, 1.82) is 0 Å². The zero-order valence-corrected chi connectivity index (χ0v) is 16.0. The van der Waals surface area contributed by atoms with Crippen LogP contribution in [-0.2, 0) is 11.3 Å². The van der Waals surface area contributed by atoms with Gasteiger partial charge in [0.1, 0.15) is 0 Å². The monoisotopic (exact) mass is 348 g/mol. The first-order valence-corrected chi connectivity index (χ1v) is 9.24. The molecule has 0 spiro atoms. The number of nitrogens with one attached hydrogen (secondary N) is 1. The van der Waals surface area contributed by atoms with Crippen LogP contribution in [0.25, 0.3) is 0 Å². The molecule has 2 rings (SSSR count). The van der Waals surface area contributed by atoms with E-state index in [1.54, 1.807) is 14.2 Å². The predicted molar refractivity (Wildman–Crippen MR) is 100 cm³/mol. The van der Waals surface area contributed by atoms with Gasteiger partial charge in [-0.15, -0.1) is 0 Å². The van der Waals surface area contributed by atoms with Gasteiger partial charge in [0.05, 0.1) is 14.2 Å². The maximum atomic E-state index is 12.2. The second-order valence-electron chi connectivity index (χ2n) is 7.21. The van der Waals surface area contributed by atoms with Crippen LogP contribution < -0.4 is 14.8 Å². The Morgan fingerprint density at radius 3 is 2.48 bits per heavy atom. The van der Waals surface area contributed by atoms with Crippen LogP contribution in [0.5, 0.6) is 11.5 Å². The molecular weight excluding hydrogens is 316 g/mol. The lowest BCUT2D eigenvalue weighted by Gasteiger charge is -2.31. The van der Waals surface area contributed by atoms with Crippen molar-refractivity contribution < 1.29 is 14.3 Å². The number of rotatable bonds is 8. The molecule has 0 atom stereocenters. The molecule has 1 N–H and O–H groups in total. The fourth-order valence-electron chi connectivity index (χ4n) is 3.22. The molecule has 0 aromatic heterocycles. The van der Waals surface area contributed by atoms with Gasteiger partial charge in [-0.1, -0.05) is 19.9 Å². The Morgan fingerprint density at radius 1 is 1.20 bits per heavy atom. The number of likely N-dealkylation sites (tertiary alicyclic amines) is 1. The predicted octanol–water partition coefficient (Wildman–Crippen LogP) is 3.08. The van der Waals surface area contributed by atoms with E-state index in [1.807, 2.05) is 12.1 Å². The molecule has 1 fully saturated rings. The highest BCUT2D eigenvalue weighted by Crippen LogP contribution is 2.28. The van der Waals surface area contributed by atoms with Gasteiger partial charge in [0, 0.05) is 19.0 Å². The molecule has 0 aliphatic carbocycles. The lowest BCUT2D eigenvalue weighted by Crippen LogP contribution is -2.40. The Bertz CT molecular complexity index is 552. The standard InChI is InChI=1S/C20H32N2O3/c1-15(2)7-10-21-20(23)17-8-11-22(12-9-17)14-16-5-6-18(24-3)19(13-16)25-4/h5-6,13,15,17H,7-12,14H2,1-4H3,(H,21,23). The van der Waals surface area contributed by atoms with Crippen molar-refractivity contribution in [1.82, 2.24) is 10.2 Å². The molecule has 1 heterocycles. The van der Waals surface area contributed by atoms with Crippen LogP contribution in [0.4, 0.5) is 0 Å². The minimum atomic E-state index is 0.161. The maximum absolute atomic E-state index is 12.2. The van der Waals surface area contributed by atoms with Crippen LogP contribution in [0.2, 0.25) is 0 Å². The van der Waals surface area contributed by atoms with Crippen molar-refractivity contribution in [3.63, 3.8) is 0 Å². The molecule has 0 saturated carbocycles. The molecule has 0 bridgehead atoms. The summed E-state index contributed by atoms with van der Waals surface area (Å²) < 4.78 is 10.7. The number of hydrogen-bond donors (Lipinski definition) is 1. The van der Waals surface area contributed by atoms with Crippen molar-refractivity contribution in [3.8, 4) is 11.5 Å². The van der Waals surface area contributed by atoms with Gasteiger partial charge in [-0.25, -0.2) is 0 Å². The SMILES string of the molecule is COc1ccc(CN2CCC(C(=O)NCCC(C)C)CC2)cc1OC. The number of benzene rings is 1. The molecule has 1 amide bonds. The zero-order valence-electron chi connectivity index (χ0n) is 16.0. The fourth-order valence-corrected chi connectivity index (χ4v) is 3.22. The molecule has 1 aromatic carbocycles. The molecule has 25 heavy (non-hydrogen) atoms. The van der Waals surface area contributed by atoms with Gasteiger partial charge in [-0.3, -0.25) is 9.69 Å². The number of carbonyl (C=O) groups is 1. The molecule has 1 aliphatic rings. The highest BCUT2D eigenvalue weighted by molar-refractivity contribution is 5.78. The minimum Gasteiger partial charge on any atom is -0.493 e. The minimum absolute atomic E-state index is 0.161. The second kappa shape index (κ2) is 9.66. The number of methoxy groups -OCH3 is 2. The summed E-state index contributed by atoms with van der Waals surface area (Å²) >= 11 is 0. The van der Waals surface area contributed by atoms with Crippen molar-refractivity contribution in [2.24, 2.45) is 11.8 Å². The Hall–Kier alpha value is -1.75. The highest BCUT2D eigenvalue weighted by Gasteiger charge is 2.24. The zero-order chi connectivity index (χ0) is 18.2. The van der Waals surface area contributed by atoms with Crippen LogP contribution in [0.15, 0.2) is 18.2 Å². The Morgan fingerprint density at radius 2 is 1.88 bits per heavy atom. The summed E-state index contributed by atoms with van der Waals surface area (Å²) in [4.78, 5) is 14.6. The van der Waals surface area contributed by atoms with E-state index in [0.717, 1.165) is 56.9 Å². The summed E-state index contributed by atoms with van der Waals surface area (Å²) in [5, 5.41) is 3.09. The van der Waals surface area contributed by atoms with Crippen LogP contribution >= 0.6 is 0 Å². The van der Waals surface area contributed by atoms with Crippen LogP contribution in [-0.4, -0.2) is 44.7 Å². The van der Waals surface area contributed by atoms with E-state index in [9.17, 15) is 4.79 Å². The van der Waals surface area contributed by atoms with Crippen molar-refractivity contribution >= 4 is 5.91 Å². The largest absolute Gasteiger partial charge is 0.493 e. The van der Waals surface area contributed by atoms with Crippen molar-refractivity contribution in [3.05, 3.63) is 23.8 Å². The normalized spacial score (nSPS) is 16.0. The van der Waals surface area contributed by atoms with E-state index in [2.05, 4.69) is 30.1 Å². The number of ether oxygens (including phenoxy) is 2. The Labute approximate surface area is 151 Å². The number of piperidine rings is 1. The van der Waals surface area contributed by atoms with Gasteiger partial charge >= 0.3 is 0 Å². The topological polar surface area (TPSA) is 50.8 Å². The fraction of sp³-hybridized carbons (Fsp3) is 0.650. The second-order valence-corrected chi connectivity index (χ2v) is 7.21. The first kappa shape index (κ1) is 19.6. The number of carbonyl (C=O) groups excluding carboxylic acids is 1. The molecule has 1 saturated heterocycles. The van der Waals surface area contributed by atoms with Gasteiger partial charge < -0.3 is 14.8 Å². The molecule has 1 aromatic rings. The number of hydrogen-bond acceptors (Lipinski definition) is 4. The molecule has 1 aliphatic heterocycles. The van der Waals surface area contributed by atoms with Crippen molar-refractivity contribution in [2.75, 3.05) is 33.9 Å². The van der Waals surface area contributed by atoms with Crippen LogP contribution in [0, 0.1) is 11.8 Å². The van der Waals surface area contributed by atoms with E-state index < -0.39 is 0 Å². The summed E-state index contributed by atoms with van der Waals surface area (Å²) in [6, 6.07) is 6.05. The Balaban J connectivity index is 1.79. The third-order valence-corrected chi connectivity index (χ3v) is 4.83. The number of amides is 1. The highest BCUT2D eigenvalue weighted by atomic mass is 16.5. The van der Waals surface area contributed by atoms with Gasteiger partial charge in [0.15, 0.2) is 11.5 Å². The van der Waals surface area contributed by atoms with E-state index in [1.165, 1.54) is 5.56 Å². The molecule has 140 valence electrons. The lowest BCUT2D eigenvalue weighted by atomic mass is 9.95. The summed E-state index contributed by atoms with van der Waals surface area (Å²) in [5.41, 5.74) is 1.21. The lowest BCUT2D eigenvalue weighted by molar-refractivity contribution is -0.126. The molecule has 5 heteroatoms. The summed E-state index contributed by atoms with van der Waals surface area (Å²) in [7, 11) is 3.31. The first-order valence-electron chi connectivity index (χ1n) is 9.24. The first-order chi connectivity index (χ1) is 12.0.